The summed E-state index contributed by atoms with van der Waals surface area (Å²) in [6.45, 7) is 3.65. The van der Waals surface area contributed by atoms with E-state index in [0.29, 0.717) is 31.4 Å². The molecular formula is C10H14N2O2S. The Morgan fingerprint density at radius 2 is 2.27 bits per heavy atom. The first-order chi connectivity index (χ1) is 7.24. The fourth-order valence-electron chi connectivity index (χ4n) is 0.982. The average molecular weight is 226 g/mol. The van der Waals surface area contributed by atoms with Gasteiger partial charge in [-0.1, -0.05) is 18.3 Å². The Hall–Kier alpha value is -1.20. The zero-order chi connectivity index (χ0) is 11.1. The van der Waals surface area contributed by atoms with Crippen LogP contribution in [0.1, 0.15) is 12.6 Å². The lowest BCUT2D eigenvalue weighted by Crippen LogP contribution is -2.13. The molecule has 0 spiro atoms. The smallest absolute Gasteiger partial charge is 0.213 e. The molecule has 0 aromatic carbocycles. The second-order valence-corrected chi connectivity index (χ2v) is 3.21. The molecule has 0 radical (unpaired) electrons. The minimum Gasteiger partial charge on any atom is -0.475 e. The van der Waals surface area contributed by atoms with E-state index in [1.54, 1.807) is 18.2 Å². The fourth-order valence-corrected chi connectivity index (χ4v) is 1.10. The second kappa shape index (κ2) is 6.31. The van der Waals surface area contributed by atoms with Gasteiger partial charge in [-0.3, -0.25) is 0 Å². The normalized spacial score (nSPS) is 9.93. The first kappa shape index (κ1) is 11.9. The number of aromatic nitrogens is 1. The number of rotatable bonds is 6. The van der Waals surface area contributed by atoms with Gasteiger partial charge in [-0.05, 0) is 13.0 Å². The molecule has 2 N–H and O–H groups in total. The van der Waals surface area contributed by atoms with E-state index in [4.69, 9.17) is 27.4 Å². The van der Waals surface area contributed by atoms with E-state index in [1.807, 2.05) is 6.92 Å². The first-order valence-corrected chi connectivity index (χ1v) is 5.12. The van der Waals surface area contributed by atoms with Crippen LogP contribution in [0.25, 0.3) is 0 Å². The zero-order valence-corrected chi connectivity index (χ0v) is 9.42. The van der Waals surface area contributed by atoms with E-state index >= 15 is 0 Å². The van der Waals surface area contributed by atoms with Crippen LogP contribution in [-0.4, -0.2) is 29.8 Å². The van der Waals surface area contributed by atoms with Gasteiger partial charge >= 0.3 is 0 Å². The lowest BCUT2D eigenvalue weighted by atomic mass is 10.3. The van der Waals surface area contributed by atoms with Gasteiger partial charge in [0.05, 0.1) is 6.61 Å². The van der Waals surface area contributed by atoms with Crippen LogP contribution >= 0.6 is 12.2 Å². The number of thiocarbonyl (C=S) groups is 1. The van der Waals surface area contributed by atoms with Crippen molar-refractivity contribution in [2.45, 2.75) is 6.92 Å². The van der Waals surface area contributed by atoms with Crippen LogP contribution in [0.3, 0.4) is 0 Å². The number of hydrogen-bond acceptors (Lipinski definition) is 4. The van der Waals surface area contributed by atoms with Crippen LogP contribution in [0, 0.1) is 0 Å². The Morgan fingerprint density at radius 1 is 1.47 bits per heavy atom. The zero-order valence-electron chi connectivity index (χ0n) is 8.60. The minimum absolute atomic E-state index is 0.269. The van der Waals surface area contributed by atoms with Crippen molar-refractivity contribution in [3.05, 3.63) is 23.9 Å². The maximum Gasteiger partial charge on any atom is 0.213 e. The molecule has 0 fully saturated rings. The van der Waals surface area contributed by atoms with Crippen molar-refractivity contribution in [3.8, 4) is 5.88 Å². The second-order valence-electron chi connectivity index (χ2n) is 2.77. The van der Waals surface area contributed by atoms with Gasteiger partial charge in [0.1, 0.15) is 17.3 Å². The monoisotopic (exact) mass is 226 g/mol. The lowest BCUT2D eigenvalue weighted by molar-refractivity contribution is 0.108. The molecule has 0 aliphatic heterocycles. The molecule has 0 saturated heterocycles. The third-order valence-electron chi connectivity index (χ3n) is 1.66. The molecule has 15 heavy (non-hydrogen) atoms. The first-order valence-electron chi connectivity index (χ1n) is 4.71. The largest absolute Gasteiger partial charge is 0.475 e. The Kier molecular flexibility index (Phi) is 5.00. The molecule has 0 unspecified atom stereocenters. The summed E-state index contributed by atoms with van der Waals surface area (Å²) in [4.78, 5) is 4.39. The molecule has 1 rings (SSSR count). The molecule has 1 aromatic rings. The summed E-state index contributed by atoms with van der Waals surface area (Å²) in [5.74, 6) is 0.514. The van der Waals surface area contributed by atoms with E-state index in [1.165, 1.54) is 0 Å². The van der Waals surface area contributed by atoms with Gasteiger partial charge in [-0.25, -0.2) is 4.98 Å². The number of nitrogens with zero attached hydrogens (tertiary/aromatic N) is 1. The molecular weight excluding hydrogens is 212 g/mol. The van der Waals surface area contributed by atoms with Gasteiger partial charge in [0.25, 0.3) is 0 Å². The molecule has 0 saturated carbocycles. The van der Waals surface area contributed by atoms with Crippen LogP contribution in [0.5, 0.6) is 5.88 Å². The topological polar surface area (TPSA) is 57.4 Å². The Balaban J connectivity index is 2.47. The van der Waals surface area contributed by atoms with Gasteiger partial charge in [0.15, 0.2) is 0 Å². The molecule has 0 bridgehead atoms. The highest BCUT2D eigenvalue weighted by molar-refractivity contribution is 7.80. The molecule has 1 aromatic heterocycles. The van der Waals surface area contributed by atoms with Gasteiger partial charge in [-0.15, -0.1) is 0 Å². The molecule has 0 atom stereocenters. The van der Waals surface area contributed by atoms with Gasteiger partial charge < -0.3 is 15.2 Å². The molecule has 0 aliphatic rings. The van der Waals surface area contributed by atoms with Crippen molar-refractivity contribution in [1.82, 2.24) is 4.98 Å². The quantitative estimate of drug-likeness (QED) is 0.582. The average Bonchev–Trinajstić information content (AvgIpc) is 2.25. The van der Waals surface area contributed by atoms with Crippen molar-refractivity contribution in [2.24, 2.45) is 5.73 Å². The SMILES string of the molecule is CCOCCOc1cccc(C(N)=S)n1. The van der Waals surface area contributed by atoms with Crippen LogP contribution in [-0.2, 0) is 4.74 Å². The summed E-state index contributed by atoms with van der Waals surface area (Å²) >= 11 is 4.81. The van der Waals surface area contributed by atoms with Crippen LogP contribution in [0.2, 0.25) is 0 Å². The third-order valence-corrected chi connectivity index (χ3v) is 1.87. The highest BCUT2D eigenvalue weighted by atomic mass is 32.1. The highest BCUT2D eigenvalue weighted by Crippen LogP contribution is 2.07. The van der Waals surface area contributed by atoms with Crippen LogP contribution < -0.4 is 10.5 Å². The molecule has 1 heterocycles. The van der Waals surface area contributed by atoms with E-state index in [0.717, 1.165) is 0 Å². The van der Waals surface area contributed by atoms with Crippen LogP contribution in [0.4, 0.5) is 0 Å². The lowest BCUT2D eigenvalue weighted by Gasteiger charge is -2.06. The van der Waals surface area contributed by atoms with Crippen molar-refractivity contribution in [2.75, 3.05) is 19.8 Å². The summed E-state index contributed by atoms with van der Waals surface area (Å²) in [7, 11) is 0. The summed E-state index contributed by atoms with van der Waals surface area (Å²) in [5.41, 5.74) is 6.02. The predicted molar refractivity (Wildman–Crippen MR) is 62.1 cm³/mol. The standard InChI is InChI=1S/C10H14N2O2S/c1-2-13-6-7-14-9-5-3-4-8(12-9)10(11)15/h3-5H,2,6-7H2,1H3,(H2,11,15). The van der Waals surface area contributed by atoms with E-state index in [2.05, 4.69) is 4.98 Å². The summed E-state index contributed by atoms with van der Waals surface area (Å²) in [6, 6.07) is 5.31. The van der Waals surface area contributed by atoms with E-state index in [-0.39, 0.29) is 4.99 Å². The van der Waals surface area contributed by atoms with E-state index in [9.17, 15) is 0 Å². The minimum atomic E-state index is 0.269. The fraction of sp³-hybridized carbons (Fsp3) is 0.400. The van der Waals surface area contributed by atoms with Gasteiger partial charge in [0, 0.05) is 12.7 Å². The van der Waals surface area contributed by atoms with Crippen molar-refractivity contribution >= 4 is 17.2 Å². The molecule has 4 nitrogen and oxygen atoms in total. The third kappa shape index (κ3) is 4.22. The molecule has 5 heteroatoms. The van der Waals surface area contributed by atoms with Crippen molar-refractivity contribution in [3.63, 3.8) is 0 Å². The van der Waals surface area contributed by atoms with Crippen LogP contribution in [0.15, 0.2) is 18.2 Å². The van der Waals surface area contributed by atoms with Gasteiger partial charge in [0.2, 0.25) is 5.88 Å². The number of hydrogen-bond donors (Lipinski definition) is 1. The maximum atomic E-state index is 5.45. The maximum absolute atomic E-state index is 5.45. The molecule has 0 aliphatic carbocycles. The summed E-state index contributed by atoms with van der Waals surface area (Å²) in [5, 5.41) is 0. The highest BCUT2D eigenvalue weighted by Gasteiger charge is 2.00. The number of nitrogens with two attached hydrogens (primary N) is 1. The number of ether oxygens (including phenoxy) is 2. The Bertz CT molecular complexity index is 331. The van der Waals surface area contributed by atoms with E-state index < -0.39 is 0 Å². The molecule has 82 valence electrons. The van der Waals surface area contributed by atoms with Crippen molar-refractivity contribution < 1.29 is 9.47 Å². The number of pyridine rings is 1. The summed E-state index contributed by atoms with van der Waals surface area (Å²) < 4.78 is 10.5. The summed E-state index contributed by atoms with van der Waals surface area (Å²) in [6.07, 6.45) is 0. The Labute approximate surface area is 94.4 Å². The predicted octanol–water partition coefficient (Wildman–Crippen LogP) is 1.13. The molecule has 0 amide bonds. The van der Waals surface area contributed by atoms with Crippen molar-refractivity contribution in [1.29, 1.82) is 0 Å². The Morgan fingerprint density at radius 3 is 2.93 bits per heavy atom. The van der Waals surface area contributed by atoms with Gasteiger partial charge in [-0.2, -0.15) is 0 Å².